The molecule has 0 saturated carbocycles. The van der Waals surface area contributed by atoms with Crippen LogP contribution in [-0.4, -0.2) is 29.2 Å². The molecule has 0 fully saturated rings. The highest BCUT2D eigenvalue weighted by Gasteiger charge is 2.34. The lowest BCUT2D eigenvalue weighted by Crippen LogP contribution is -2.30. The molecule has 0 spiro atoms. The van der Waals surface area contributed by atoms with Crippen molar-refractivity contribution >= 4 is 33.7 Å². The van der Waals surface area contributed by atoms with Crippen LogP contribution in [0.1, 0.15) is 52.0 Å². The van der Waals surface area contributed by atoms with Crippen LogP contribution in [0.25, 0.3) is 0 Å². The maximum absolute atomic E-state index is 12.3. The zero-order valence-corrected chi connectivity index (χ0v) is 16.6. The fraction of sp³-hybridized carbons (Fsp3) is 0.286. The smallest absolute Gasteiger partial charge is 0.311 e. The number of carbonyl (C=O) groups excluding carboxylic acids is 3. The number of hydrogen-bond acceptors (Lipinski definition) is 4. The zero-order valence-electron chi connectivity index (χ0n) is 15.0. The van der Waals surface area contributed by atoms with Gasteiger partial charge in [-0.05, 0) is 65.5 Å². The molecule has 1 aliphatic heterocycles. The molecule has 27 heavy (non-hydrogen) atoms. The first-order chi connectivity index (χ1) is 13.0. The van der Waals surface area contributed by atoms with Crippen molar-refractivity contribution in [1.29, 1.82) is 0 Å². The third-order valence-electron chi connectivity index (χ3n) is 4.45. The Hall–Kier alpha value is -2.47. The summed E-state index contributed by atoms with van der Waals surface area (Å²) in [5, 5.41) is 0. The highest BCUT2D eigenvalue weighted by atomic mass is 79.9. The van der Waals surface area contributed by atoms with Gasteiger partial charge in [0, 0.05) is 13.0 Å². The van der Waals surface area contributed by atoms with Crippen LogP contribution in [0.4, 0.5) is 0 Å². The van der Waals surface area contributed by atoms with Crippen LogP contribution in [0.3, 0.4) is 0 Å². The van der Waals surface area contributed by atoms with Gasteiger partial charge in [0.2, 0.25) is 0 Å². The van der Waals surface area contributed by atoms with Gasteiger partial charge in [-0.25, -0.2) is 0 Å². The normalized spacial score (nSPS) is 13.0. The van der Waals surface area contributed by atoms with Crippen molar-refractivity contribution < 1.29 is 19.1 Å². The summed E-state index contributed by atoms with van der Waals surface area (Å²) in [6, 6.07) is 12.4. The molecule has 1 aliphatic rings. The molecule has 0 N–H and O–H groups in total. The molecule has 2 aromatic rings. The second-order valence-electron chi connectivity index (χ2n) is 6.53. The van der Waals surface area contributed by atoms with E-state index >= 15 is 0 Å². The Morgan fingerprint density at radius 2 is 1.67 bits per heavy atom. The van der Waals surface area contributed by atoms with Crippen LogP contribution in [0, 0.1) is 6.92 Å². The second kappa shape index (κ2) is 8.48. The fourth-order valence-corrected chi connectivity index (χ4v) is 3.59. The highest BCUT2D eigenvalue weighted by Crippen LogP contribution is 2.26. The molecule has 1 heterocycles. The highest BCUT2D eigenvalue weighted by molar-refractivity contribution is 9.10. The summed E-state index contributed by atoms with van der Waals surface area (Å²) in [5.41, 5.74) is 2.01. The van der Waals surface area contributed by atoms with Gasteiger partial charge in [-0.1, -0.05) is 24.6 Å². The average molecular weight is 430 g/mol. The Morgan fingerprint density at radius 3 is 2.30 bits per heavy atom. The molecule has 0 aliphatic carbocycles. The Bertz CT molecular complexity index is 859. The van der Waals surface area contributed by atoms with Crippen molar-refractivity contribution in [2.45, 2.75) is 32.6 Å². The summed E-state index contributed by atoms with van der Waals surface area (Å²) in [5.74, 6) is -0.254. The number of unbranched alkanes of at least 4 members (excludes halogenated alkanes) is 2. The van der Waals surface area contributed by atoms with Gasteiger partial charge < -0.3 is 4.74 Å². The molecule has 5 nitrogen and oxygen atoms in total. The van der Waals surface area contributed by atoms with Crippen LogP contribution < -0.4 is 4.74 Å². The number of esters is 1. The maximum atomic E-state index is 12.3. The summed E-state index contributed by atoms with van der Waals surface area (Å²) >= 11 is 3.38. The summed E-state index contributed by atoms with van der Waals surface area (Å²) in [6.07, 6.45) is 2.33. The van der Waals surface area contributed by atoms with E-state index in [4.69, 9.17) is 4.74 Å². The Morgan fingerprint density at radius 1 is 1.00 bits per heavy atom. The van der Waals surface area contributed by atoms with Crippen molar-refractivity contribution in [3.05, 3.63) is 63.6 Å². The Labute approximate surface area is 166 Å². The molecule has 0 radical (unpaired) electrons. The van der Waals surface area contributed by atoms with Gasteiger partial charge in [-0.2, -0.15) is 0 Å². The molecule has 6 heteroatoms. The molecule has 0 unspecified atom stereocenters. The van der Waals surface area contributed by atoms with Gasteiger partial charge >= 0.3 is 5.97 Å². The molecule has 3 rings (SSSR count). The molecule has 0 bridgehead atoms. The molecule has 2 aromatic carbocycles. The molecule has 140 valence electrons. The van der Waals surface area contributed by atoms with Gasteiger partial charge in [0.1, 0.15) is 5.75 Å². The summed E-state index contributed by atoms with van der Waals surface area (Å²) < 4.78 is 6.10. The van der Waals surface area contributed by atoms with E-state index in [2.05, 4.69) is 15.9 Å². The summed E-state index contributed by atoms with van der Waals surface area (Å²) in [7, 11) is 0. The van der Waals surface area contributed by atoms with Gasteiger partial charge in [0.05, 0.1) is 15.6 Å². The molecular weight excluding hydrogens is 410 g/mol. The second-order valence-corrected chi connectivity index (χ2v) is 7.38. The first kappa shape index (κ1) is 19.3. The number of rotatable bonds is 7. The topological polar surface area (TPSA) is 63.7 Å². The Kier molecular flexibility index (Phi) is 6.06. The third kappa shape index (κ3) is 4.45. The van der Waals surface area contributed by atoms with Crippen molar-refractivity contribution in [3.8, 4) is 5.75 Å². The number of halogens is 1. The lowest BCUT2D eigenvalue weighted by Gasteiger charge is -2.13. The minimum Gasteiger partial charge on any atom is -0.425 e. The third-order valence-corrected chi connectivity index (χ3v) is 5.07. The molecule has 0 atom stereocenters. The van der Waals surface area contributed by atoms with E-state index in [9.17, 15) is 14.4 Å². The van der Waals surface area contributed by atoms with Gasteiger partial charge in [-0.15, -0.1) is 0 Å². The van der Waals surface area contributed by atoms with Crippen LogP contribution in [0.5, 0.6) is 5.75 Å². The zero-order chi connectivity index (χ0) is 19.4. The van der Waals surface area contributed by atoms with Gasteiger partial charge in [0.25, 0.3) is 11.8 Å². The summed E-state index contributed by atoms with van der Waals surface area (Å²) in [6.45, 7) is 2.33. The lowest BCUT2D eigenvalue weighted by atomic mass is 10.1. The first-order valence-corrected chi connectivity index (χ1v) is 9.68. The number of ether oxygens (including phenoxy) is 1. The van der Waals surface area contributed by atoms with E-state index in [1.54, 1.807) is 30.3 Å². The fourth-order valence-electron chi connectivity index (χ4n) is 3.02. The van der Waals surface area contributed by atoms with Crippen molar-refractivity contribution in [2.75, 3.05) is 6.54 Å². The largest absolute Gasteiger partial charge is 0.425 e. The van der Waals surface area contributed by atoms with Crippen molar-refractivity contribution in [3.63, 3.8) is 0 Å². The van der Waals surface area contributed by atoms with E-state index in [0.717, 1.165) is 16.5 Å². The number of hydrogen-bond donors (Lipinski definition) is 0. The number of benzene rings is 2. The van der Waals surface area contributed by atoms with E-state index < -0.39 is 0 Å². The van der Waals surface area contributed by atoms with Crippen molar-refractivity contribution in [1.82, 2.24) is 4.90 Å². The number of imide groups is 1. The standard InChI is InChI=1S/C21H20BrNO4/c1-14-10-11-18(17(22)13-14)27-19(24)9-3-2-6-12-23-20(25)15-7-4-5-8-16(15)21(23)26/h4-5,7-8,10-11,13H,2-3,6,9,12H2,1H3. The van der Waals surface area contributed by atoms with Crippen LogP contribution in [-0.2, 0) is 4.79 Å². The Balaban J connectivity index is 1.40. The predicted molar refractivity (Wildman–Crippen MR) is 105 cm³/mol. The maximum Gasteiger partial charge on any atom is 0.311 e. The minimum absolute atomic E-state index is 0.237. The number of amides is 2. The van der Waals surface area contributed by atoms with E-state index in [1.165, 1.54) is 4.90 Å². The van der Waals surface area contributed by atoms with Crippen molar-refractivity contribution in [2.24, 2.45) is 0 Å². The SMILES string of the molecule is Cc1ccc(OC(=O)CCCCCN2C(=O)c3ccccc3C2=O)c(Br)c1. The number of fused-ring (bicyclic) bond motifs is 1. The van der Waals surface area contributed by atoms with E-state index in [-0.39, 0.29) is 17.8 Å². The lowest BCUT2D eigenvalue weighted by molar-refractivity contribution is -0.134. The minimum atomic E-state index is -0.291. The molecule has 0 saturated heterocycles. The molecule has 2 amide bonds. The predicted octanol–water partition coefficient (Wildman–Crippen LogP) is 4.52. The molecular formula is C21H20BrNO4. The van der Waals surface area contributed by atoms with Gasteiger partial charge in [0.15, 0.2) is 0 Å². The van der Waals surface area contributed by atoms with Crippen LogP contribution >= 0.6 is 15.9 Å². The van der Waals surface area contributed by atoms with Crippen LogP contribution in [0.2, 0.25) is 0 Å². The molecule has 0 aromatic heterocycles. The number of nitrogens with zero attached hydrogens (tertiary/aromatic N) is 1. The monoisotopic (exact) mass is 429 g/mol. The summed E-state index contributed by atoms with van der Waals surface area (Å²) in [4.78, 5) is 37.8. The quantitative estimate of drug-likeness (QED) is 0.281. The van der Waals surface area contributed by atoms with Gasteiger partial charge in [-0.3, -0.25) is 19.3 Å². The van der Waals surface area contributed by atoms with Crippen LogP contribution in [0.15, 0.2) is 46.9 Å². The number of aryl methyl sites for hydroxylation is 1. The van der Waals surface area contributed by atoms with E-state index in [1.807, 2.05) is 19.1 Å². The number of carbonyl (C=O) groups is 3. The average Bonchev–Trinajstić information content (AvgIpc) is 2.89. The van der Waals surface area contributed by atoms with E-state index in [0.29, 0.717) is 42.7 Å². The first-order valence-electron chi connectivity index (χ1n) is 8.89.